The van der Waals surface area contributed by atoms with Crippen LogP contribution in [0.4, 0.5) is 4.79 Å². The Hall–Kier alpha value is -2.53. The van der Waals surface area contributed by atoms with Gasteiger partial charge in [-0.15, -0.1) is 0 Å². The normalized spacial score (nSPS) is 11.6. The number of methoxy groups -OCH3 is 1. The Bertz CT molecular complexity index is 749. The van der Waals surface area contributed by atoms with Crippen molar-refractivity contribution in [2.45, 2.75) is 38.1 Å². The van der Waals surface area contributed by atoms with Gasteiger partial charge in [0.15, 0.2) is 0 Å². The van der Waals surface area contributed by atoms with Gasteiger partial charge in [-0.1, -0.05) is 48.9 Å². The maximum atomic E-state index is 12.0. The summed E-state index contributed by atoms with van der Waals surface area (Å²) in [7, 11) is 1.60. The molecule has 0 aromatic heterocycles. The number of nitrogens with zero attached hydrogens (tertiary/aromatic N) is 1. The molecule has 0 spiro atoms. The lowest BCUT2D eigenvalue weighted by atomic mass is 9.97. The molecule has 0 radical (unpaired) electrons. The van der Waals surface area contributed by atoms with Crippen molar-refractivity contribution >= 4 is 22.9 Å². The van der Waals surface area contributed by atoms with Gasteiger partial charge >= 0.3 is 6.09 Å². The van der Waals surface area contributed by atoms with Gasteiger partial charge in [0.2, 0.25) is 5.24 Å². The molecule has 1 unspecified atom stereocenters. The van der Waals surface area contributed by atoms with Crippen LogP contribution in [0.3, 0.4) is 0 Å². The van der Waals surface area contributed by atoms with E-state index in [1.807, 2.05) is 54.6 Å². The fourth-order valence-corrected chi connectivity index (χ4v) is 3.31. The molecule has 5 nitrogen and oxygen atoms in total. The first-order valence-electron chi connectivity index (χ1n) is 9.37. The van der Waals surface area contributed by atoms with Gasteiger partial charge in [0, 0.05) is 13.0 Å². The first-order valence-corrected chi connectivity index (χ1v) is 9.75. The molecule has 0 aliphatic heterocycles. The third-order valence-electron chi connectivity index (χ3n) is 4.67. The molecule has 1 amide bonds. The largest absolute Gasteiger partial charge is 0.497 e. The van der Waals surface area contributed by atoms with Gasteiger partial charge in [-0.25, -0.2) is 4.79 Å². The summed E-state index contributed by atoms with van der Waals surface area (Å²) in [4.78, 5) is 24.4. The summed E-state index contributed by atoms with van der Waals surface area (Å²) < 4.78 is 5.22. The highest BCUT2D eigenvalue weighted by Crippen LogP contribution is 2.28. The second-order valence-corrected chi connectivity index (χ2v) is 7.04. The second kappa shape index (κ2) is 11.3. The molecule has 0 heterocycles. The number of amides is 1. The molecule has 2 aromatic carbocycles. The van der Waals surface area contributed by atoms with E-state index in [-0.39, 0.29) is 11.3 Å². The zero-order chi connectivity index (χ0) is 20.4. The van der Waals surface area contributed by atoms with E-state index < -0.39 is 6.09 Å². The number of hydrogen-bond acceptors (Lipinski definition) is 3. The maximum absolute atomic E-state index is 12.0. The fraction of sp³-hybridized carbons (Fsp3) is 0.364. The lowest BCUT2D eigenvalue weighted by molar-refractivity contribution is -0.111. The van der Waals surface area contributed by atoms with Crippen LogP contribution in [0.1, 0.15) is 42.9 Å². The minimum Gasteiger partial charge on any atom is -0.497 e. The Labute approximate surface area is 170 Å². The van der Waals surface area contributed by atoms with E-state index in [9.17, 15) is 14.7 Å². The smallest absolute Gasteiger partial charge is 0.407 e. The molecule has 1 atom stereocenters. The van der Waals surface area contributed by atoms with Crippen LogP contribution >= 0.6 is 11.6 Å². The highest BCUT2D eigenvalue weighted by molar-refractivity contribution is 6.63. The van der Waals surface area contributed by atoms with Crippen LogP contribution < -0.4 is 4.74 Å². The van der Waals surface area contributed by atoms with E-state index in [2.05, 4.69) is 0 Å². The molecular weight excluding hydrogens is 378 g/mol. The maximum Gasteiger partial charge on any atom is 0.407 e. The highest BCUT2D eigenvalue weighted by atomic mass is 35.5. The van der Waals surface area contributed by atoms with Crippen molar-refractivity contribution in [3.05, 3.63) is 65.7 Å². The van der Waals surface area contributed by atoms with Crippen LogP contribution in [-0.2, 0) is 11.2 Å². The lowest BCUT2D eigenvalue weighted by Gasteiger charge is -2.30. The van der Waals surface area contributed by atoms with Gasteiger partial charge in [0.25, 0.3) is 0 Å². The number of unbranched alkanes of at least 4 members (excludes halogenated alkanes) is 2. The van der Waals surface area contributed by atoms with E-state index in [0.717, 1.165) is 23.3 Å². The molecule has 6 heteroatoms. The van der Waals surface area contributed by atoms with E-state index in [4.69, 9.17) is 16.3 Å². The SMILES string of the molecule is COc1ccc(C(Cc2ccccc2)N(CCCCCC(=O)Cl)C(=O)O)cc1. The topological polar surface area (TPSA) is 66.8 Å². The Morgan fingerprint density at radius 2 is 1.71 bits per heavy atom. The summed E-state index contributed by atoms with van der Waals surface area (Å²) in [6, 6.07) is 17.1. The molecular formula is C22H26ClNO4. The van der Waals surface area contributed by atoms with Crippen molar-refractivity contribution in [3.8, 4) is 5.75 Å². The number of carbonyl (C=O) groups excluding carboxylic acids is 1. The zero-order valence-electron chi connectivity index (χ0n) is 16.0. The third-order valence-corrected chi connectivity index (χ3v) is 4.86. The molecule has 1 N–H and O–H groups in total. The Balaban J connectivity index is 2.17. The monoisotopic (exact) mass is 403 g/mol. The number of carboxylic acid groups (broad SMARTS) is 1. The molecule has 28 heavy (non-hydrogen) atoms. The van der Waals surface area contributed by atoms with Crippen molar-refractivity contribution in [1.29, 1.82) is 0 Å². The van der Waals surface area contributed by atoms with Gasteiger partial charge in [-0.2, -0.15) is 0 Å². The van der Waals surface area contributed by atoms with Crippen LogP contribution in [0.25, 0.3) is 0 Å². The summed E-state index contributed by atoms with van der Waals surface area (Å²) in [6.45, 7) is 0.398. The Morgan fingerprint density at radius 3 is 2.29 bits per heavy atom. The van der Waals surface area contributed by atoms with Gasteiger partial charge in [-0.3, -0.25) is 4.79 Å². The minimum absolute atomic E-state index is 0.305. The number of carbonyl (C=O) groups is 2. The van der Waals surface area contributed by atoms with Crippen LogP contribution in [0.15, 0.2) is 54.6 Å². The van der Waals surface area contributed by atoms with Gasteiger partial charge in [0.05, 0.1) is 13.2 Å². The number of hydrogen-bond donors (Lipinski definition) is 1. The molecule has 0 saturated carbocycles. The molecule has 2 rings (SSSR count). The van der Waals surface area contributed by atoms with E-state index in [0.29, 0.717) is 32.2 Å². The van der Waals surface area contributed by atoms with Crippen molar-refractivity contribution in [1.82, 2.24) is 4.90 Å². The summed E-state index contributed by atoms with van der Waals surface area (Å²) in [5, 5.41) is 9.50. The molecule has 0 aliphatic rings. The number of rotatable bonds is 11. The third kappa shape index (κ3) is 6.89. The minimum atomic E-state index is -0.954. The summed E-state index contributed by atoms with van der Waals surface area (Å²) >= 11 is 5.36. The van der Waals surface area contributed by atoms with Crippen molar-refractivity contribution in [2.24, 2.45) is 0 Å². The average Bonchev–Trinajstić information content (AvgIpc) is 2.70. The second-order valence-electron chi connectivity index (χ2n) is 6.62. The number of halogens is 1. The standard InChI is InChI=1S/C22H26ClNO4/c1-28-19-13-11-18(12-14-19)20(16-17-8-4-2-5-9-17)24(22(26)27)15-7-3-6-10-21(23)25/h2,4-5,8-9,11-14,20H,3,6-7,10,15-16H2,1H3,(H,26,27). The molecule has 0 fully saturated rings. The average molecular weight is 404 g/mol. The predicted molar refractivity (Wildman–Crippen MR) is 110 cm³/mol. The predicted octanol–water partition coefficient (Wildman–Crippen LogP) is 5.28. The summed E-state index contributed by atoms with van der Waals surface area (Å²) in [5.41, 5.74) is 1.99. The first kappa shape index (κ1) is 21.8. The van der Waals surface area contributed by atoms with Gasteiger partial charge < -0.3 is 14.7 Å². The molecule has 0 bridgehead atoms. The van der Waals surface area contributed by atoms with E-state index >= 15 is 0 Å². The zero-order valence-corrected chi connectivity index (χ0v) is 16.8. The van der Waals surface area contributed by atoms with E-state index in [1.54, 1.807) is 7.11 Å². The van der Waals surface area contributed by atoms with Gasteiger partial charge in [-0.05, 0) is 54.1 Å². The summed E-state index contributed by atoms with van der Waals surface area (Å²) in [5.74, 6) is 0.731. The van der Waals surface area contributed by atoms with Crippen LogP contribution in [0.5, 0.6) is 5.75 Å². The van der Waals surface area contributed by atoms with Crippen LogP contribution in [0.2, 0.25) is 0 Å². The van der Waals surface area contributed by atoms with Crippen LogP contribution in [0, 0.1) is 0 Å². The number of benzene rings is 2. The van der Waals surface area contributed by atoms with Gasteiger partial charge in [0.1, 0.15) is 5.75 Å². The molecule has 0 saturated heterocycles. The first-order chi connectivity index (χ1) is 13.5. The van der Waals surface area contributed by atoms with E-state index in [1.165, 1.54) is 4.90 Å². The molecule has 2 aromatic rings. The molecule has 0 aliphatic carbocycles. The number of ether oxygens (including phenoxy) is 1. The fourth-order valence-electron chi connectivity index (χ4n) is 3.18. The molecule has 150 valence electrons. The Kier molecular flexibility index (Phi) is 8.82. The van der Waals surface area contributed by atoms with Crippen molar-refractivity contribution in [3.63, 3.8) is 0 Å². The quantitative estimate of drug-likeness (QED) is 0.409. The van der Waals surface area contributed by atoms with Crippen molar-refractivity contribution in [2.75, 3.05) is 13.7 Å². The summed E-state index contributed by atoms with van der Waals surface area (Å²) in [6.07, 6.45) is 2.05. The Morgan fingerprint density at radius 1 is 1.04 bits per heavy atom. The van der Waals surface area contributed by atoms with Crippen LogP contribution in [-0.4, -0.2) is 35.0 Å². The van der Waals surface area contributed by atoms with Crippen molar-refractivity contribution < 1.29 is 19.4 Å². The lowest BCUT2D eigenvalue weighted by Crippen LogP contribution is -2.35. The highest BCUT2D eigenvalue weighted by Gasteiger charge is 2.25.